The van der Waals surface area contributed by atoms with Crippen LogP contribution in [0.15, 0.2) is 65.9 Å². The van der Waals surface area contributed by atoms with Crippen LogP contribution >= 0.6 is 0 Å². The third-order valence-electron chi connectivity index (χ3n) is 3.11. The van der Waals surface area contributed by atoms with Gasteiger partial charge < -0.3 is 0 Å². The molecule has 20 heavy (non-hydrogen) atoms. The Hall–Kier alpha value is -2.68. The van der Waals surface area contributed by atoms with Crippen molar-refractivity contribution in [2.75, 3.05) is 5.43 Å². The van der Waals surface area contributed by atoms with Crippen molar-refractivity contribution in [1.82, 2.24) is 4.98 Å². The Bertz CT molecular complexity index is 740. The Kier molecular flexibility index (Phi) is 3.42. The van der Waals surface area contributed by atoms with Gasteiger partial charge in [-0.1, -0.05) is 48.0 Å². The Morgan fingerprint density at radius 1 is 1.00 bits per heavy atom. The minimum atomic E-state index is 0.909. The Balaban J connectivity index is 1.81. The fourth-order valence-electron chi connectivity index (χ4n) is 2.02. The van der Waals surface area contributed by atoms with Crippen LogP contribution in [0.3, 0.4) is 0 Å². The van der Waals surface area contributed by atoms with Crippen LogP contribution in [-0.2, 0) is 0 Å². The maximum Gasteiger partial charge on any atom is 0.0951 e. The van der Waals surface area contributed by atoms with E-state index < -0.39 is 0 Å². The first-order valence-corrected chi connectivity index (χ1v) is 6.52. The fourth-order valence-corrected chi connectivity index (χ4v) is 2.02. The molecule has 3 aromatic rings. The average Bonchev–Trinajstić information content (AvgIpc) is 2.49. The monoisotopic (exact) mass is 261 g/mol. The zero-order chi connectivity index (χ0) is 13.8. The molecule has 0 fully saturated rings. The van der Waals surface area contributed by atoms with E-state index in [1.54, 1.807) is 12.4 Å². The van der Waals surface area contributed by atoms with E-state index in [1.807, 2.05) is 42.5 Å². The summed E-state index contributed by atoms with van der Waals surface area (Å²) in [5.74, 6) is 0. The number of aryl methyl sites for hydroxylation is 1. The van der Waals surface area contributed by atoms with Crippen molar-refractivity contribution < 1.29 is 0 Å². The minimum absolute atomic E-state index is 0.909. The lowest BCUT2D eigenvalue weighted by Gasteiger charge is -2.04. The second kappa shape index (κ2) is 5.53. The Morgan fingerprint density at radius 3 is 2.65 bits per heavy atom. The molecule has 0 radical (unpaired) electrons. The smallest absolute Gasteiger partial charge is 0.0951 e. The maximum atomic E-state index is 4.38. The summed E-state index contributed by atoms with van der Waals surface area (Å²) in [5.41, 5.74) is 7.20. The van der Waals surface area contributed by atoms with E-state index in [4.69, 9.17) is 0 Å². The molecule has 0 saturated carbocycles. The average molecular weight is 261 g/mol. The largest absolute Gasteiger partial charge is 0.276 e. The summed E-state index contributed by atoms with van der Waals surface area (Å²) < 4.78 is 0. The molecule has 0 atom stereocenters. The summed E-state index contributed by atoms with van der Waals surface area (Å²) >= 11 is 0. The van der Waals surface area contributed by atoms with Gasteiger partial charge in [0.25, 0.3) is 0 Å². The third kappa shape index (κ3) is 2.67. The van der Waals surface area contributed by atoms with Gasteiger partial charge in [-0.2, -0.15) is 5.10 Å². The number of fused-ring (bicyclic) bond motifs is 1. The second-order valence-corrected chi connectivity index (χ2v) is 4.66. The first kappa shape index (κ1) is 12.4. The van der Waals surface area contributed by atoms with E-state index >= 15 is 0 Å². The minimum Gasteiger partial charge on any atom is -0.276 e. The molecule has 0 spiro atoms. The highest BCUT2D eigenvalue weighted by molar-refractivity contribution is 5.90. The number of para-hydroxylation sites is 1. The van der Waals surface area contributed by atoms with Crippen LogP contribution < -0.4 is 5.43 Å². The predicted octanol–water partition coefficient (Wildman–Crippen LogP) is 3.99. The molecule has 3 nitrogen and oxygen atoms in total. The Morgan fingerprint density at radius 2 is 1.80 bits per heavy atom. The van der Waals surface area contributed by atoms with Crippen molar-refractivity contribution >= 4 is 22.8 Å². The number of hydrogen-bond acceptors (Lipinski definition) is 3. The molecule has 0 bridgehead atoms. The molecule has 0 amide bonds. The first-order chi connectivity index (χ1) is 9.83. The number of benzene rings is 2. The summed E-state index contributed by atoms with van der Waals surface area (Å²) in [6.07, 6.45) is 3.60. The van der Waals surface area contributed by atoms with Gasteiger partial charge in [0.2, 0.25) is 0 Å². The highest BCUT2D eigenvalue weighted by Gasteiger charge is 1.99. The molecule has 1 aromatic heterocycles. The number of rotatable bonds is 3. The summed E-state index contributed by atoms with van der Waals surface area (Å²) in [4.78, 5) is 4.38. The number of pyridine rings is 1. The van der Waals surface area contributed by atoms with Gasteiger partial charge >= 0.3 is 0 Å². The zero-order valence-electron chi connectivity index (χ0n) is 11.2. The Labute approximate surface area is 118 Å². The van der Waals surface area contributed by atoms with Crippen LogP contribution in [0.5, 0.6) is 0 Å². The third-order valence-corrected chi connectivity index (χ3v) is 3.11. The van der Waals surface area contributed by atoms with Crippen LogP contribution in [0, 0.1) is 6.92 Å². The predicted molar refractivity (Wildman–Crippen MR) is 84.1 cm³/mol. The summed E-state index contributed by atoms with van der Waals surface area (Å²) in [6.45, 7) is 2.07. The van der Waals surface area contributed by atoms with Crippen LogP contribution in [0.4, 0.5) is 5.69 Å². The number of nitrogens with zero attached hydrogens (tertiary/aromatic N) is 2. The van der Waals surface area contributed by atoms with E-state index in [2.05, 4.69) is 34.6 Å². The van der Waals surface area contributed by atoms with Crippen molar-refractivity contribution in [3.63, 3.8) is 0 Å². The standard InChI is InChI=1S/C17H15N3/c1-13-7-9-14(10-8-13)12-19-20-16-6-2-4-15-5-3-11-18-17(15)16/h2-12,20H,1H3. The van der Waals surface area contributed by atoms with E-state index in [1.165, 1.54) is 5.56 Å². The van der Waals surface area contributed by atoms with Crippen LogP contribution in [0.1, 0.15) is 11.1 Å². The van der Waals surface area contributed by atoms with Gasteiger partial charge in [-0.05, 0) is 24.6 Å². The van der Waals surface area contributed by atoms with Crippen LogP contribution in [0.25, 0.3) is 10.9 Å². The van der Waals surface area contributed by atoms with E-state index in [0.29, 0.717) is 0 Å². The molecule has 98 valence electrons. The maximum absolute atomic E-state index is 4.38. The van der Waals surface area contributed by atoms with Gasteiger partial charge in [-0.15, -0.1) is 0 Å². The van der Waals surface area contributed by atoms with E-state index in [9.17, 15) is 0 Å². The van der Waals surface area contributed by atoms with Gasteiger partial charge in [-0.25, -0.2) is 0 Å². The molecule has 3 rings (SSSR count). The lowest BCUT2D eigenvalue weighted by atomic mass is 10.2. The molecular formula is C17H15N3. The van der Waals surface area contributed by atoms with Crippen molar-refractivity contribution in [3.05, 3.63) is 71.9 Å². The highest BCUT2D eigenvalue weighted by Crippen LogP contribution is 2.20. The molecule has 3 heteroatoms. The number of hydrazone groups is 1. The zero-order valence-corrected chi connectivity index (χ0v) is 11.2. The summed E-state index contributed by atoms with van der Waals surface area (Å²) in [5, 5.41) is 5.38. The van der Waals surface area contributed by atoms with Gasteiger partial charge in [0.05, 0.1) is 17.4 Å². The number of hydrogen-bond donors (Lipinski definition) is 1. The van der Waals surface area contributed by atoms with Gasteiger partial charge in [0.15, 0.2) is 0 Å². The molecule has 1 N–H and O–H groups in total. The van der Waals surface area contributed by atoms with Gasteiger partial charge in [0.1, 0.15) is 0 Å². The lowest BCUT2D eigenvalue weighted by Crippen LogP contribution is -1.93. The van der Waals surface area contributed by atoms with Gasteiger partial charge in [0, 0.05) is 11.6 Å². The molecule has 0 saturated heterocycles. The number of nitrogens with one attached hydrogen (secondary N) is 1. The highest BCUT2D eigenvalue weighted by atomic mass is 15.3. The van der Waals surface area contributed by atoms with Crippen molar-refractivity contribution in [3.8, 4) is 0 Å². The van der Waals surface area contributed by atoms with Crippen molar-refractivity contribution in [2.45, 2.75) is 6.92 Å². The quantitative estimate of drug-likeness (QED) is 0.571. The molecule has 0 aliphatic rings. The van der Waals surface area contributed by atoms with E-state index in [-0.39, 0.29) is 0 Å². The molecule has 0 aliphatic carbocycles. The lowest BCUT2D eigenvalue weighted by molar-refractivity contribution is 1.33. The number of aromatic nitrogens is 1. The van der Waals surface area contributed by atoms with Crippen molar-refractivity contribution in [2.24, 2.45) is 5.10 Å². The van der Waals surface area contributed by atoms with E-state index in [0.717, 1.165) is 22.2 Å². The fraction of sp³-hybridized carbons (Fsp3) is 0.0588. The van der Waals surface area contributed by atoms with Gasteiger partial charge in [-0.3, -0.25) is 10.4 Å². The molecule has 2 aromatic carbocycles. The summed E-state index contributed by atoms with van der Waals surface area (Å²) in [7, 11) is 0. The molecule has 0 unspecified atom stereocenters. The van der Waals surface area contributed by atoms with Crippen molar-refractivity contribution in [1.29, 1.82) is 0 Å². The normalized spacial score (nSPS) is 11.1. The van der Waals surface area contributed by atoms with Crippen LogP contribution in [-0.4, -0.2) is 11.2 Å². The topological polar surface area (TPSA) is 37.3 Å². The SMILES string of the molecule is Cc1ccc(C=NNc2cccc3cccnc23)cc1. The molecule has 0 aliphatic heterocycles. The summed E-state index contributed by atoms with van der Waals surface area (Å²) in [6, 6.07) is 18.2. The first-order valence-electron chi connectivity index (χ1n) is 6.52. The number of anilines is 1. The van der Waals surface area contributed by atoms with Crippen LogP contribution in [0.2, 0.25) is 0 Å². The molecular weight excluding hydrogens is 246 g/mol. The molecule has 1 heterocycles. The second-order valence-electron chi connectivity index (χ2n) is 4.66.